The summed E-state index contributed by atoms with van der Waals surface area (Å²) in [5, 5.41) is 47.6. The van der Waals surface area contributed by atoms with Crippen LogP contribution in [-0.4, -0.2) is 117 Å². The van der Waals surface area contributed by atoms with Gasteiger partial charge in [-0.25, -0.2) is 26.3 Å². The molecule has 0 aliphatic carbocycles. The maximum Gasteiger partial charge on any atom is 0.433 e. The van der Waals surface area contributed by atoms with Crippen molar-refractivity contribution in [3.63, 3.8) is 0 Å². The molecule has 0 unspecified atom stereocenters. The molecule has 47 heteroatoms. The van der Waals surface area contributed by atoms with Crippen LogP contribution in [0.2, 0.25) is 0 Å². The predicted molar refractivity (Wildman–Crippen MR) is 493 cm³/mol. The summed E-state index contributed by atoms with van der Waals surface area (Å²) in [6, 6.07) is 56.5. The third kappa shape index (κ3) is 27.7. The molecule has 0 N–H and O–H groups in total. The van der Waals surface area contributed by atoms with Gasteiger partial charge in [0.05, 0.1) is 18.2 Å². The first-order valence-corrected chi connectivity index (χ1v) is 42.0. The van der Waals surface area contributed by atoms with E-state index in [1.165, 1.54) is 35.2 Å². The number of nitriles is 3. The SMILES string of the molecule is CC(C)(c1cccc(-c2[c-]cc(F)nc2F)n1)c1cc(C(F)(F)F)n[n-]1.CN1C=CN(c2[c-]c(N3C=CN(C)[CH-]3)cc(C#N)c2)[CH-]1.CN1C=CN(c2[c-]c(N3C=CN(C)[CH-]3)cc(C#N)c2)[CH-]1.CN1C=CN(c2[c-]c(N3C=CN(C)[CH-]3)cc(C#N)c2)[CH-]1.Cc1cc(C)c(N(c2cccc(-c3[c-]cc(F)nc3F)n2)c2cc(C(F)(F)F)n[n-]2)c(C)c1.Fc1c[c-]c(-c2cccc(Oc3cc(C(F)(F)F)n[n-]3)n2)c(F)n1.[Ir].[Ir].[Ir]. The van der Waals surface area contributed by atoms with E-state index in [1.807, 2.05) is 285 Å². The number of halogens is 15. The average molecular weight is 2530 g/mol. The zero-order valence-corrected chi connectivity index (χ0v) is 85.0. The number of anilines is 9. The second kappa shape index (κ2) is 47.3. The van der Waals surface area contributed by atoms with Gasteiger partial charge < -0.3 is 104 Å². The Kier molecular flexibility index (Phi) is 35.9. The number of aromatic nitrogens is 12. The monoisotopic (exact) mass is 2530 g/mol. The maximum atomic E-state index is 14.2. The number of hydrogen-bond acceptors (Lipinski definition) is 26. The molecule has 4 aromatic carbocycles. The van der Waals surface area contributed by atoms with Gasteiger partial charge in [-0.3, -0.25) is 25.0 Å². The van der Waals surface area contributed by atoms with Crippen LogP contribution in [0.4, 0.5) is 117 Å². The van der Waals surface area contributed by atoms with Crippen LogP contribution in [0.3, 0.4) is 0 Å². The molecule has 9 aromatic heterocycles. The van der Waals surface area contributed by atoms with E-state index in [0.29, 0.717) is 34.1 Å². The largest absolute Gasteiger partial charge is 0.578 e. The minimum atomic E-state index is -4.68. The number of rotatable bonds is 16. The average Bonchev–Trinajstić information content (AvgIpc) is 0.972. The molecule has 15 heterocycles. The third-order valence-corrected chi connectivity index (χ3v) is 20.7. The molecule has 3 radical (unpaired) electrons. The number of hydrogen-bond donors (Lipinski definition) is 0. The number of alkyl halides is 9. The fraction of sp³-hybridized carbons (Fsp3) is 0.152. The van der Waals surface area contributed by atoms with Crippen molar-refractivity contribution in [2.75, 3.05) is 76.6 Å². The molecule has 6 aliphatic rings. The molecule has 0 saturated heterocycles. The summed E-state index contributed by atoms with van der Waals surface area (Å²) in [4.78, 5) is 46.5. The van der Waals surface area contributed by atoms with E-state index in [9.17, 15) is 81.6 Å². The molecule has 6 aliphatic heterocycles. The fourth-order valence-electron chi connectivity index (χ4n) is 13.9. The summed E-state index contributed by atoms with van der Waals surface area (Å²) >= 11 is 0. The van der Waals surface area contributed by atoms with Crippen molar-refractivity contribution in [2.45, 2.75) is 58.6 Å². The van der Waals surface area contributed by atoms with E-state index >= 15 is 0 Å². The first kappa shape index (κ1) is 111. The van der Waals surface area contributed by atoms with Crippen LogP contribution >= 0.6 is 0 Å². The van der Waals surface area contributed by atoms with Gasteiger partial charge in [-0.05, 0) is 214 Å². The molecular formula is C99H74F15Ir3N28O-15. The Hall–Kier alpha value is -15.6. The summed E-state index contributed by atoms with van der Waals surface area (Å²) in [5.41, 5.74) is 5.51. The third-order valence-electron chi connectivity index (χ3n) is 20.7. The van der Waals surface area contributed by atoms with Gasteiger partial charge in [-0.1, -0.05) is 120 Å². The first-order chi connectivity index (χ1) is 67.9. The van der Waals surface area contributed by atoms with Gasteiger partial charge in [0.25, 0.3) is 0 Å². The minimum absolute atomic E-state index is 0. The van der Waals surface area contributed by atoms with E-state index in [2.05, 4.69) is 115 Å². The fourth-order valence-corrected chi connectivity index (χ4v) is 13.9. The number of aryl methyl sites for hydroxylation is 3. The summed E-state index contributed by atoms with van der Waals surface area (Å²) in [7, 11) is 11.7. The number of nitrogens with zero attached hydrogens (tertiary/aromatic N) is 28. The second-order valence-electron chi connectivity index (χ2n) is 32.1. The molecule has 0 atom stereocenters. The summed E-state index contributed by atoms with van der Waals surface area (Å²) in [6.07, 6.45) is 9.37. The molecular weight excluding hydrogens is 2460 g/mol. The Labute approximate surface area is 869 Å². The van der Waals surface area contributed by atoms with Gasteiger partial charge in [-0.2, -0.15) is 95.3 Å². The van der Waals surface area contributed by atoms with Crippen molar-refractivity contribution in [1.29, 1.82) is 15.8 Å². The summed E-state index contributed by atoms with van der Waals surface area (Å²) in [6.45, 7) is 20.4. The Balaban J connectivity index is 0.000000168. The minimum Gasteiger partial charge on any atom is -0.578 e. The van der Waals surface area contributed by atoms with Crippen molar-refractivity contribution < 1.29 is 131 Å². The smallest absolute Gasteiger partial charge is 0.433 e. The van der Waals surface area contributed by atoms with Crippen molar-refractivity contribution in [3.8, 4) is 63.7 Å². The zero-order valence-electron chi connectivity index (χ0n) is 77.8. The van der Waals surface area contributed by atoms with Crippen LogP contribution in [-0.2, 0) is 84.3 Å². The van der Waals surface area contributed by atoms with E-state index in [1.54, 1.807) is 38.1 Å². The number of benzene rings is 4. The van der Waals surface area contributed by atoms with Gasteiger partial charge in [0.2, 0.25) is 5.88 Å². The van der Waals surface area contributed by atoms with E-state index < -0.39 is 82.6 Å². The van der Waals surface area contributed by atoms with Gasteiger partial charge in [0.1, 0.15) is 52.8 Å². The molecule has 0 spiro atoms. The molecule has 0 amide bonds. The Morgan fingerprint density at radius 2 is 0.692 bits per heavy atom. The molecule has 0 saturated carbocycles. The van der Waals surface area contributed by atoms with Crippen LogP contribution in [0.5, 0.6) is 11.8 Å². The summed E-state index contributed by atoms with van der Waals surface area (Å²) < 4.78 is 201. The first-order valence-electron chi connectivity index (χ1n) is 42.0. The van der Waals surface area contributed by atoms with Crippen molar-refractivity contribution in [1.82, 2.24) is 89.9 Å². The van der Waals surface area contributed by atoms with Gasteiger partial charge in [-0.15, -0.1) is 113 Å². The van der Waals surface area contributed by atoms with Crippen LogP contribution in [0.15, 0.2) is 214 Å². The topological polar surface area (TPSA) is 281 Å². The Bertz CT molecular complexity index is 6730. The quantitative estimate of drug-likeness (QED) is 0.0493. The number of ether oxygens (including phenoxy) is 1. The normalized spacial score (nSPS) is 13.8. The van der Waals surface area contributed by atoms with Gasteiger partial charge in [0.15, 0.2) is 0 Å². The van der Waals surface area contributed by atoms with E-state index in [4.69, 9.17) is 4.74 Å². The van der Waals surface area contributed by atoms with Crippen molar-refractivity contribution in [3.05, 3.63) is 388 Å². The molecule has 763 valence electrons. The summed E-state index contributed by atoms with van der Waals surface area (Å²) in [5.74, 6) is -6.95. The standard InChI is InChI=1S/C23H16F5N5.C17H11F5N4.3C15H14N5.C14H5F5N4O.3Ir/c1-12-9-13(2)21(14(3)10-12)33(20-11-17(31-32-20)23(26,27)28)19-6-4-5-16(29-19)15-7-8-18(24)30-22(15)25;1-16(2,12-8-13(26-25-12)17(20,21)22)11-5-3-4-10(23-11)9-6-7-14(18)24-15(9)19;3*1-17-3-5-19(11-17)14-7-13(10-16)8-15(9-14)20-6-4-18(2)12-20;15-10-5-4-7(13(16)21-10)8-2-1-3-11(20-8)24-12-6-9(22-23-12)14(17,18)19;;;/h4-6,8-11H,1-3H3;3-5,7-8H,1-2H3;3*3-8,11-12H,1-2H3;1-3,5-6H;;;/q2*-2;3*-3;-2;;;. The van der Waals surface area contributed by atoms with E-state index in [-0.39, 0.29) is 117 Å². The molecule has 0 bridgehead atoms. The Morgan fingerprint density at radius 3 is 1.01 bits per heavy atom. The van der Waals surface area contributed by atoms with Gasteiger partial charge in [0, 0.05) is 83.1 Å². The van der Waals surface area contributed by atoms with Crippen LogP contribution in [0.1, 0.15) is 75.7 Å². The molecule has 13 aromatic rings. The molecule has 146 heavy (non-hydrogen) atoms. The predicted octanol–water partition coefficient (Wildman–Crippen LogP) is 19.4. The molecule has 19 rings (SSSR count). The molecule has 0 fully saturated rings. The second-order valence-corrected chi connectivity index (χ2v) is 32.1. The number of pyridine rings is 6. The molecule has 29 nitrogen and oxygen atoms in total. The van der Waals surface area contributed by atoms with Crippen LogP contribution in [0.25, 0.3) is 33.8 Å². The van der Waals surface area contributed by atoms with Gasteiger partial charge >= 0.3 is 18.5 Å². The van der Waals surface area contributed by atoms with E-state index in [0.717, 1.165) is 81.1 Å². The van der Waals surface area contributed by atoms with Crippen molar-refractivity contribution in [2.24, 2.45) is 0 Å². The maximum absolute atomic E-state index is 14.2. The Morgan fingerprint density at radius 1 is 0.370 bits per heavy atom. The van der Waals surface area contributed by atoms with Crippen molar-refractivity contribution >= 4 is 51.4 Å². The zero-order chi connectivity index (χ0) is 103. The van der Waals surface area contributed by atoms with Crippen LogP contribution in [0, 0.1) is 167 Å². The van der Waals surface area contributed by atoms with Crippen LogP contribution < -0.4 is 54.3 Å².